The molecule has 0 amide bonds. The third-order valence-electron chi connectivity index (χ3n) is 2.81. The highest BCUT2D eigenvalue weighted by atomic mass is 16.5. The number of methoxy groups -OCH3 is 2. The van der Waals surface area contributed by atoms with Gasteiger partial charge in [0.05, 0.1) is 14.2 Å². The predicted molar refractivity (Wildman–Crippen MR) is 71.3 cm³/mol. The largest absolute Gasteiger partial charge is 0.497 e. The SMILES string of the molecule is COc1ccc(CNCCc2ncn[nH]2)c(OC)c1. The predicted octanol–water partition coefficient (Wildman–Crippen LogP) is 1.15. The van der Waals surface area contributed by atoms with Crippen LogP contribution in [0, 0.1) is 0 Å². The van der Waals surface area contributed by atoms with Crippen molar-refractivity contribution in [3.05, 3.63) is 35.9 Å². The molecule has 0 atom stereocenters. The highest BCUT2D eigenvalue weighted by Gasteiger charge is 2.04. The molecule has 2 rings (SSSR count). The molecule has 1 aromatic heterocycles. The second kappa shape index (κ2) is 6.75. The number of H-pyrrole nitrogens is 1. The quantitative estimate of drug-likeness (QED) is 0.732. The van der Waals surface area contributed by atoms with Crippen LogP contribution in [0.15, 0.2) is 24.5 Å². The standard InChI is InChI=1S/C13H18N4O2/c1-18-11-4-3-10(12(7-11)19-2)8-14-6-5-13-15-9-16-17-13/h3-4,7,9,14H,5-6,8H2,1-2H3,(H,15,16,17). The lowest BCUT2D eigenvalue weighted by atomic mass is 10.2. The van der Waals surface area contributed by atoms with E-state index in [-0.39, 0.29) is 0 Å². The van der Waals surface area contributed by atoms with E-state index in [2.05, 4.69) is 20.5 Å². The van der Waals surface area contributed by atoms with Gasteiger partial charge in [0, 0.05) is 31.1 Å². The maximum absolute atomic E-state index is 5.34. The Hall–Kier alpha value is -2.08. The second-order valence-electron chi connectivity index (χ2n) is 4.04. The van der Waals surface area contributed by atoms with Gasteiger partial charge in [0.1, 0.15) is 23.7 Å². The zero-order chi connectivity index (χ0) is 13.5. The number of hydrogen-bond acceptors (Lipinski definition) is 5. The molecule has 0 saturated heterocycles. The number of nitrogens with zero attached hydrogens (tertiary/aromatic N) is 2. The first kappa shape index (κ1) is 13.4. The normalized spacial score (nSPS) is 10.4. The van der Waals surface area contributed by atoms with E-state index in [0.717, 1.165) is 42.4 Å². The molecule has 2 aromatic rings. The van der Waals surface area contributed by atoms with Gasteiger partial charge >= 0.3 is 0 Å². The monoisotopic (exact) mass is 262 g/mol. The van der Waals surface area contributed by atoms with Crippen molar-refractivity contribution in [2.75, 3.05) is 20.8 Å². The summed E-state index contributed by atoms with van der Waals surface area (Å²) < 4.78 is 10.5. The minimum absolute atomic E-state index is 0.737. The molecule has 6 heteroatoms. The smallest absolute Gasteiger partial charge is 0.137 e. The molecule has 0 spiro atoms. The van der Waals surface area contributed by atoms with Crippen LogP contribution in [0.5, 0.6) is 11.5 Å². The van der Waals surface area contributed by atoms with Crippen molar-refractivity contribution >= 4 is 0 Å². The summed E-state index contributed by atoms with van der Waals surface area (Å²) in [7, 11) is 3.30. The topological polar surface area (TPSA) is 72.1 Å². The van der Waals surface area contributed by atoms with Crippen LogP contribution in [0.3, 0.4) is 0 Å². The van der Waals surface area contributed by atoms with E-state index < -0.39 is 0 Å². The Morgan fingerprint density at radius 1 is 1.26 bits per heavy atom. The molecule has 0 aliphatic carbocycles. The fourth-order valence-electron chi connectivity index (χ4n) is 1.78. The van der Waals surface area contributed by atoms with Crippen molar-refractivity contribution in [2.24, 2.45) is 0 Å². The lowest BCUT2D eigenvalue weighted by Crippen LogP contribution is -2.17. The molecule has 0 aliphatic rings. The van der Waals surface area contributed by atoms with Crippen LogP contribution in [0.2, 0.25) is 0 Å². The fourth-order valence-corrected chi connectivity index (χ4v) is 1.78. The molecule has 102 valence electrons. The van der Waals surface area contributed by atoms with Gasteiger partial charge in [-0.05, 0) is 6.07 Å². The van der Waals surface area contributed by atoms with Crippen LogP contribution in [0.4, 0.5) is 0 Å². The Kier molecular flexibility index (Phi) is 4.74. The summed E-state index contributed by atoms with van der Waals surface area (Å²) in [5.74, 6) is 2.50. The van der Waals surface area contributed by atoms with Gasteiger partial charge in [-0.2, -0.15) is 5.10 Å². The van der Waals surface area contributed by atoms with E-state index in [0.29, 0.717) is 0 Å². The Bertz CT molecular complexity index is 499. The molecule has 2 N–H and O–H groups in total. The molecule has 0 saturated carbocycles. The van der Waals surface area contributed by atoms with E-state index in [1.54, 1.807) is 14.2 Å². The molecule has 0 fully saturated rings. The van der Waals surface area contributed by atoms with Gasteiger partial charge < -0.3 is 14.8 Å². The van der Waals surface area contributed by atoms with Gasteiger partial charge in [-0.1, -0.05) is 6.07 Å². The van der Waals surface area contributed by atoms with Crippen LogP contribution in [-0.4, -0.2) is 35.9 Å². The fraction of sp³-hybridized carbons (Fsp3) is 0.385. The van der Waals surface area contributed by atoms with Crippen LogP contribution in [0.25, 0.3) is 0 Å². The van der Waals surface area contributed by atoms with Crippen molar-refractivity contribution in [1.29, 1.82) is 0 Å². The summed E-state index contributed by atoms with van der Waals surface area (Å²) in [6, 6.07) is 5.81. The zero-order valence-electron chi connectivity index (χ0n) is 11.1. The van der Waals surface area contributed by atoms with Crippen molar-refractivity contribution in [1.82, 2.24) is 20.5 Å². The summed E-state index contributed by atoms with van der Waals surface area (Å²) in [6.07, 6.45) is 2.33. The second-order valence-corrected chi connectivity index (χ2v) is 4.04. The van der Waals surface area contributed by atoms with Crippen molar-refractivity contribution in [3.63, 3.8) is 0 Å². The summed E-state index contributed by atoms with van der Waals surface area (Å²) in [5, 5.41) is 9.98. The van der Waals surface area contributed by atoms with E-state index >= 15 is 0 Å². The van der Waals surface area contributed by atoms with Gasteiger partial charge in [-0.25, -0.2) is 4.98 Å². The first-order valence-corrected chi connectivity index (χ1v) is 6.09. The van der Waals surface area contributed by atoms with Gasteiger partial charge in [-0.3, -0.25) is 5.10 Å². The Balaban J connectivity index is 1.85. The van der Waals surface area contributed by atoms with Crippen molar-refractivity contribution in [2.45, 2.75) is 13.0 Å². The molecular weight excluding hydrogens is 244 g/mol. The Morgan fingerprint density at radius 3 is 2.84 bits per heavy atom. The number of nitrogens with one attached hydrogen (secondary N) is 2. The number of hydrogen-bond donors (Lipinski definition) is 2. The summed E-state index contributed by atoms with van der Waals surface area (Å²) in [5.41, 5.74) is 1.10. The molecule has 6 nitrogen and oxygen atoms in total. The van der Waals surface area contributed by atoms with E-state index in [1.807, 2.05) is 18.2 Å². The number of aromatic amines is 1. The van der Waals surface area contributed by atoms with Crippen molar-refractivity contribution < 1.29 is 9.47 Å². The molecule has 0 aliphatic heterocycles. The van der Waals surface area contributed by atoms with Gasteiger partial charge in [0.25, 0.3) is 0 Å². The molecule has 0 bridgehead atoms. The third-order valence-corrected chi connectivity index (χ3v) is 2.81. The summed E-state index contributed by atoms with van der Waals surface area (Å²) >= 11 is 0. The number of ether oxygens (including phenoxy) is 2. The van der Waals surface area contributed by atoms with Gasteiger partial charge in [0.2, 0.25) is 0 Å². The lowest BCUT2D eigenvalue weighted by Gasteiger charge is -2.11. The molecule has 0 radical (unpaired) electrons. The highest BCUT2D eigenvalue weighted by molar-refractivity contribution is 5.40. The summed E-state index contributed by atoms with van der Waals surface area (Å²) in [6.45, 7) is 1.56. The maximum atomic E-state index is 5.34. The first-order valence-electron chi connectivity index (χ1n) is 6.09. The number of aromatic nitrogens is 3. The molecule has 1 aromatic carbocycles. The maximum Gasteiger partial charge on any atom is 0.137 e. The summed E-state index contributed by atoms with van der Waals surface area (Å²) in [4.78, 5) is 4.07. The minimum Gasteiger partial charge on any atom is -0.497 e. The Labute approximate surface area is 112 Å². The molecule has 0 unspecified atom stereocenters. The number of benzene rings is 1. The average Bonchev–Trinajstić information content (AvgIpc) is 2.96. The Morgan fingerprint density at radius 2 is 2.16 bits per heavy atom. The first-order chi connectivity index (χ1) is 9.33. The minimum atomic E-state index is 0.737. The molecular formula is C13H18N4O2. The van der Waals surface area contributed by atoms with E-state index in [1.165, 1.54) is 6.33 Å². The van der Waals surface area contributed by atoms with Crippen LogP contribution < -0.4 is 14.8 Å². The van der Waals surface area contributed by atoms with Gasteiger partial charge in [0.15, 0.2) is 0 Å². The van der Waals surface area contributed by atoms with Crippen LogP contribution in [0.1, 0.15) is 11.4 Å². The van der Waals surface area contributed by atoms with E-state index in [4.69, 9.17) is 9.47 Å². The van der Waals surface area contributed by atoms with Crippen molar-refractivity contribution in [3.8, 4) is 11.5 Å². The zero-order valence-corrected chi connectivity index (χ0v) is 11.1. The molecule has 1 heterocycles. The average molecular weight is 262 g/mol. The van der Waals surface area contributed by atoms with E-state index in [9.17, 15) is 0 Å². The van der Waals surface area contributed by atoms with Crippen LogP contribution >= 0.6 is 0 Å². The molecule has 19 heavy (non-hydrogen) atoms. The highest BCUT2D eigenvalue weighted by Crippen LogP contribution is 2.24. The lowest BCUT2D eigenvalue weighted by molar-refractivity contribution is 0.390. The van der Waals surface area contributed by atoms with Crippen LogP contribution in [-0.2, 0) is 13.0 Å². The number of rotatable bonds is 7. The van der Waals surface area contributed by atoms with Gasteiger partial charge in [-0.15, -0.1) is 0 Å². The third kappa shape index (κ3) is 3.69.